The molecule has 30 heavy (non-hydrogen) atoms. The van der Waals surface area contributed by atoms with E-state index in [1.54, 1.807) is 18.5 Å². The minimum atomic E-state index is -0.861. The maximum atomic E-state index is 12.3. The number of carbonyl (C=O) groups excluding carboxylic acids is 1. The van der Waals surface area contributed by atoms with E-state index in [4.69, 9.17) is 9.84 Å². The van der Waals surface area contributed by atoms with Gasteiger partial charge in [0.05, 0.1) is 18.7 Å². The van der Waals surface area contributed by atoms with Gasteiger partial charge in [0.2, 0.25) is 5.91 Å². The lowest BCUT2D eigenvalue weighted by Crippen LogP contribution is -2.42. The van der Waals surface area contributed by atoms with Gasteiger partial charge in [-0.25, -0.2) is 4.98 Å². The summed E-state index contributed by atoms with van der Waals surface area (Å²) in [5.74, 6) is 1.11. The second-order valence-electron chi connectivity index (χ2n) is 7.88. The van der Waals surface area contributed by atoms with E-state index in [1.165, 1.54) is 12.8 Å². The first-order valence-corrected chi connectivity index (χ1v) is 10.4. The standard InChI is InChI=1S/C21H27N5O4/c27-19(2-1-7-22-21-23-8-9-24-21)25-15-5-6-18-17(10-15)26(12-14-3-4-14)13-16(30-18)11-20(28)29/h5-6,8-10,14,16H,1-4,7,11-13H2,(H,25,27)(H,28,29)(H2,22,23,24). The first-order valence-electron chi connectivity index (χ1n) is 10.4. The highest BCUT2D eigenvalue weighted by molar-refractivity contribution is 5.91. The molecule has 1 atom stereocenters. The van der Waals surface area contributed by atoms with E-state index in [9.17, 15) is 9.59 Å². The molecule has 9 heteroatoms. The van der Waals surface area contributed by atoms with Crippen LogP contribution in [0.15, 0.2) is 30.6 Å². The molecule has 4 rings (SSSR count). The number of aromatic nitrogens is 2. The molecule has 1 aliphatic carbocycles. The third-order valence-electron chi connectivity index (χ3n) is 5.25. The summed E-state index contributed by atoms with van der Waals surface area (Å²) in [6.45, 7) is 2.09. The Morgan fingerprint density at radius 2 is 2.20 bits per heavy atom. The number of fused-ring (bicyclic) bond motifs is 1. The van der Waals surface area contributed by atoms with Gasteiger partial charge >= 0.3 is 5.97 Å². The molecule has 1 unspecified atom stereocenters. The van der Waals surface area contributed by atoms with Crippen LogP contribution in [0.25, 0.3) is 0 Å². The smallest absolute Gasteiger partial charge is 0.307 e. The molecule has 2 heterocycles. The van der Waals surface area contributed by atoms with Gasteiger partial charge in [-0.15, -0.1) is 0 Å². The SMILES string of the molecule is O=C(O)CC1CN(CC2CC2)c2cc(NC(=O)CCCNc3ncc[nH]3)ccc2O1. The van der Waals surface area contributed by atoms with E-state index in [2.05, 4.69) is 25.5 Å². The van der Waals surface area contributed by atoms with Gasteiger partial charge in [0, 0.05) is 37.6 Å². The Balaban J connectivity index is 1.34. The number of nitrogens with one attached hydrogen (secondary N) is 3. The predicted molar refractivity (Wildman–Crippen MR) is 113 cm³/mol. The zero-order valence-corrected chi connectivity index (χ0v) is 16.8. The van der Waals surface area contributed by atoms with Crippen molar-refractivity contribution in [2.45, 2.75) is 38.2 Å². The van der Waals surface area contributed by atoms with Crippen LogP contribution in [0, 0.1) is 5.92 Å². The number of anilines is 3. The maximum Gasteiger partial charge on any atom is 0.307 e. The van der Waals surface area contributed by atoms with Crippen molar-refractivity contribution in [1.29, 1.82) is 0 Å². The van der Waals surface area contributed by atoms with Crippen LogP contribution in [0.5, 0.6) is 5.75 Å². The van der Waals surface area contributed by atoms with Crippen LogP contribution in [0.4, 0.5) is 17.3 Å². The highest BCUT2D eigenvalue weighted by atomic mass is 16.5. The Morgan fingerprint density at radius 3 is 2.93 bits per heavy atom. The summed E-state index contributed by atoms with van der Waals surface area (Å²) in [6.07, 6.45) is 6.52. The van der Waals surface area contributed by atoms with Crippen LogP contribution >= 0.6 is 0 Å². The van der Waals surface area contributed by atoms with Crippen LogP contribution in [0.3, 0.4) is 0 Å². The summed E-state index contributed by atoms with van der Waals surface area (Å²) in [5, 5.41) is 15.2. The van der Waals surface area contributed by atoms with E-state index < -0.39 is 5.97 Å². The number of ether oxygens (including phenoxy) is 1. The van der Waals surface area contributed by atoms with Gasteiger partial charge in [-0.05, 0) is 43.4 Å². The summed E-state index contributed by atoms with van der Waals surface area (Å²) in [4.78, 5) is 32.7. The summed E-state index contributed by atoms with van der Waals surface area (Å²) >= 11 is 0. The second kappa shape index (κ2) is 9.06. The van der Waals surface area contributed by atoms with Crippen molar-refractivity contribution in [3.05, 3.63) is 30.6 Å². The van der Waals surface area contributed by atoms with Crippen LogP contribution < -0.4 is 20.3 Å². The van der Waals surface area contributed by atoms with Crippen molar-refractivity contribution in [3.63, 3.8) is 0 Å². The van der Waals surface area contributed by atoms with E-state index in [-0.39, 0.29) is 18.4 Å². The topological polar surface area (TPSA) is 120 Å². The first kappa shape index (κ1) is 20.1. The zero-order valence-electron chi connectivity index (χ0n) is 16.8. The number of H-pyrrole nitrogens is 1. The molecule has 1 amide bonds. The third-order valence-corrected chi connectivity index (χ3v) is 5.25. The van der Waals surface area contributed by atoms with Gasteiger partial charge < -0.3 is 30.4 Å². The zero-order chi connectivity index (χ0) is 20.9. The van der Waals surface area contributed by atoms with Crippen molar-refractivity contribution in [2.75, 3.05) is 35.2 Å². The molecular formula is C21H27N5O4. The number of carbonyl (C=O) groups is 2. The average molecular weight is 413 g/mol. The fourth-order valence-corrected chi connectivity index (χ4v) is 3.63. The summed E-state index contributed by atoms with van der Waals surface area (Å²) in [5.41, 5.74) is 1.64. The maximum absolute atomic E-state index is 12.3. The molecule has 0 saturated heterocycles. The van der Waals surface area contributed by atoms with Gasteiger partial charge in [-0.2, -0.15) is 0 Å². The molecule has 1 aromatic carbocycles. The van der Waals surface area contributed by atoms with Crippen molar-refractivity contribution < 1.29 is 19.4 Å². The monoisotopic (exact) mass is 413 g/mol. The van der Waals surface area contributed by atoms with Crippen LogP contribution in [0.1, 0.15) is 32.1 Å². The Kier molecular flexibility index (Phi) is 6.06. The van der Waals surface area contributed by atoms with Gasteiger partial charge in [0.25, 0.3) is 0 Å². The number of imidazole rings is 1. The lowest BCUT2D eigenvalue weighted by molar-refractivity contribution is -0.138. The highest BCUT2D eigenvalue weighted by Gasteiger charge is 2.32. The minimum Gasteiger partial charge on any atom is -0.486 e. The third kappa shape index (κ3) is 5.43. The Bertz CT molecular complexity index is 882. The largest absolute Gasteiger partial charge is 0.486 e. The number of hydrogen-bond acceptors (Lipinski definition) is 6. The van der Waals surface area contributed by atoms with Crippen molar-refractivity contribution in [3.8, 4) is 5.75 Å². The fraction of sp³-hybridized carbons (Fsp3) is 0.476. The normalized spacial score (nSPS) is 17.7. The van der Waals surface area contributed by atoms with Crippen molar-refractivity contribution in [2.24, 2.45) is 5.92 Å². The number of hydrogen-bond donors (Lipinski definition) is 4. The van der Waals surface area contributed by atoms with E-state index in [0.717, 1.165) is 17.9 Å². The molecule has 1 aliphatic heterocycles. The highest BCUT2D eigenvalue weighted by Crippen LogP contribution is 2.39. The summed E-state index contributed by atoms with van der Waals surface area (Å²) in [7, 11) is 0. The second-order valence-corrected chi connectivity index (χ2v) is 7.88. The molecule has 9 nitrogen and oxygen atoms in total. The number of amides is 1. The molecule has 0 bridgehead atoms. The molecule has 2 aliphatic rings. The molecule has 4 N–H and O–H groups in total. The molecule has 1 aromatic heterocycles. The molecule has 0 spiro atoms. The fourth-order valence-electron chi connectivity index (χ4n) is 3.63. The number of nitrogens with zero attached hydrogens (tertiary/aromatic N) is 2. The number of rotatable bonds is 10. The average Bonchev–Trinajstić information content (AvgIpc) is 3.36. The molecule has 0 radical (unpaired) electrons. The Labute approximate surface area is 174 Å². The van der Waals surface area contributed by atoms with E-state index in [1.807, 2.05) is 12.1 Å². The summed E-state index contributed by atoms with van der Waals surface area (Å²) < 4.78 is 5.90. The first-order chi connectivity index (χ1) is 14.6. The van der Waals surface area contributed by atoms with Gasteiger partial charge in [-0.3, -0.25) is 9.59 Å². The van der Waals surface area contributed by atoms with Gasteiger partial charge in [0.1, 0.15) is 11.9 Å². The quantitative estimate of drug-likeness (QED) is 0.442. The molecule has 2 aromatic rings. The van der Waals surface area contributed by atoms with Crippen molar-refractivity contribution in [1.82, 2.24) is 9.97 Å². The number of aromatic amines is 1. The van der Waals surface area contributed by atoms with Gasteiger partial charge in [-0.1, -0.05) is 0 Å². The number of aliphatic carboxylic acids is 1. The van der Waals surface area contributed by atoms with Crippen LogP contribution in [0.2, 0.25) is 0 Å². The lowest BCUT2D eigenvalue weighted by atomic mass is 10.1. The Morgan fingerprint density at radius 1 is 1.33 bits per heavy atom. The number of benzene rings is 1. The molecule has 1 saturated carbocycles. The predicted octanol–water partition coefficient (Wildman–Crippen LogP) is 2.69. The molecule has 1 fully saturated rings. The molecular weight excluding hydrogens is 386 g/mol. The summed E-state index contributed by atoms with van der Waals surface area (Å²) in [6, 6.07) is 5.54. The van der Waals surface area contributed by atoms with E-state index >= 15 is 0 Å². The lowest BCUT2D eigenvalue weighted by Gasteiger charge is -2.36. The number of carboxylic acids is 1. The van der Waals surface area contributed by atoms with Crippen LogP contribution in [-0.2, 0) is 9.59 Å². The minimum absolute atomic E-state index is 0.0227. The van der Waals surface area contributed by atoms with Gasteiger partial charge in [0.15, 0.2) is 5.95 Å². The molecule has 160 valence electrons. The van der Waals surface area contributed by atoms with E-state index in [0.29, 0.717) is 43.5 Å². The van der Waals surface area contributed by atoms with Crippen LogP contribution in [-0.4, -0.2) is 52.7 Å². The Hall–Kier alpha value is -3.23. The van der Waals surface area contributed by atoms with Crippen molar-refractivity contribution >= 4 is 29.2 Å². The number of carboxylic acid groups (broad SMARTS) is 1.